The van der Waals surface area contributed by atoms with Gasteiger partial charge in [0.1, 0.15) is 5.82 Å². The Hall–Kier alpha value is -1.66. The van der Waals surface area contributed by atoms with Crippen molar-refractivity contribution in [2.45, 2.75) is 45.8 Å². The zero-order valence-electron chi connectivity index (χ0n) is 13.6. The first-order valence-electron chi connectivity index (χ1n) is 7.36. The Labute approximate surface area is 130 Å². The van der Waals surface area contributed by atoms with Crippen LogP contribution in [0.25, 0.3) is 5.69 Å². The minimum Gasteiger partial charge on any atom is -0.399 e. The molecule has 2 aromatic rings. The Bertz CT molecular complexity index is 696. The second-order valence-electron chi connectivity index (χ2n) is 6.74. The molecule has 0 bridgehead atoms. The lowest BCUT2D eigenvalue weighted by molar-refractivity contribution is 0.00578. The van der Waals surface area contributed by atoms with Crippen LogP contribution in [0, 0.1) is 12.7 Å². The molecule has 116 valence electrons. The van der Waals surface area contributed by atoms with Crippen molar-refractivity contribution in [2.24, 2.45) is 0 Å². The molecule has 1 saturated heterocycles. The summed E-state index contributed by atoms with van der Waals surface area (Å²) >= 11 is 0. The molecule has 22 heavy (non-hydrogen) atoms. The van der Waals surface area contributed by atoms with Crippen LogP contribution >= 0.6 is 0 Å². The van der Waals surface area contributed by atoms with Crippen LogP contribution in [0.4, 0.5) is 4.39 Å². The Morgan fingerprint density at radius 2 is 1.77 bits per heavy atom. The zero-order chi connectivity index (χ0) is 16.1. The molecule has 0 radical (unpaired) electrons. The summed E-state index contributed by atoms with van der Waals surface area (Å²) in [5, 5.41) is 4.29. The Balaban J connectivity index is 1.87. The fourth-order valence-electron chi connectivity index (χ4n) is 2.30. The lowest BCUT2D eigenvalue weighted by Crippen LogP contribution is -2.41. The summed E-state index contributed by atoms with van der Waals surface area (Å²) in [4.78, 5) is 0. The van der Waals surface area contributed by atoms with Gasteiger partial charge in [-0.1, -0.05) is 6.07 Å². The Kier molecular flexibility index (Phi) is 3.42. The summed E-state index contributed by atoms with van der Waals surface area (Å²) in [5.74, 6) is -0.245. The van der Waals surface area contributed by atoms with Gasteiger partial charge >= 0.3 is 7.12 Å². The van der Waals surface area contributed by atoms with E-state index in [1.165, 1.54) is 6.07 Å². The van der Waals surface area contributed by atoms with Gasteiger partial charge < -0.3 is 9.31 Å². The van der Waals surface area contributed by atoms with E-state index < -0.39 is 18.3 Å². The van der Waals surface area contributed by atoms with Gasteiger partial charge in [-0.2, -0.15) is 5.10 Å². The maximum atomic E-state index is 13.7. The summed E-state index contributed by atoms with van der Waals surface area (Å²) in [5.41, 5.74) is 1.32. The predicted octanol–water partition coefficient (Wildman–Crippen LogP) is 2.62. The van der Waals surface area contributed by atoms with E-state index in [1.54, 1.807) is 23.9 Å². The molecule has 0 unspecified atom stereocenters. The van der Waals surface area contributed by atoms with Gasteiger partial charge in [-0.3, -0.25) is 0 Å². The molecule has 4 nitrogen and oxygen atoms in total. The monoisotopic (exact) mass is 302 g/mol. The smallest absolute Gasteiger partial charge is 0.399 e. The molecule has 1 aliphatic rings. The fourth-order valence-corrected chi connectivity index (χ4v) is 2.30. The zero-order valence-corrected chi connectivity index (χ0v) is 13.6. The van der Waals surface area contributed by atoms with E-state index in [-0.39, 0.29) is 5.82 Å². The van der Waals surface area contributed by atoms with Crippen molar-refractivity contribution in [1.29, 1.82) is 0 Å². The molecule has 6 heteroatoms. The summed E-state index contributed by atoms with van der Waals surface area (Å²) in [6.45, 7) is 9.76. The molecule has 3 rings (SSSR count). The lowest BCUT2D eigenvalue weighted by Gasteiger charge is -2.32. The highest BCUT2D eigenvalue weighted by molar-refractivity contribution is 6.62. The van der Waals surface area contributed by atoms with E-state index in [0.717, 1.165) is 5.46 Å². The van der Waals surface area contributed by atoms with Gasteiger partial charge in [0.25, 0.3) is 0 Å². The summed E-state index contributed by atoms with van der Waals surface area (Å²) in [6.07, 6.45) is 3.51. The number of rotatable bonds is 2. The van der Waals surface area contributed by atoms with E-state index in [9.17, 15) is 4.39 Å². The molecule has 0 N–H and O–H groups in total. The fraction of sp³-hybridized carbons (Fsp3) is 0.438. The average Bonchev–Trinajstić information content (AvgIpc) is 2.97. The third-order valence-corrected chi connectivity index (χ3v) is 4.55. The standard InChI is InChI=1S/C16H20BFN2O2/c1-11-6-7-13(8-14(11)18)20-10-12(9-19-20)17-21-15(2,3)16(4,5)22-17/h6-10H,1-5H3. The third-order valence-electron chi connectivity index (χ3n) is 4.55. The van der Waals surface area contributed by atoms with Crippen molar-refractivity contribution >= 4 is 12.6 Å². The number of halogens is 1. The van der Waals surface area contributed by atoms with Gasteiger partial charge in [0, 0.05) is 17.9 Å². The Morgan fingerprint density at radius 3 is 2.36 bits per heavy atom. The van der Waals surface area contributed by atoms with Gasteiger partial charge in [0.2, 0.25) is 0 Å². The van der Waals surface area contributed by atoms with Crippen LogP contribution in [0.2, 0.25) is 0 Å². The highest BCUT2D eigenvalue weighted by Crippen LogP contribution is 2.36. The minimum atomic E-state index is -0.464. The lowest BCUT2D eigenvalue weighted by atomic mass is 9.82. The number of hydrogen-bond acceptors (Lipinski definition) is 3. The van der Waals surface area contributed by atoms with Gasteiger partial charge in [-0.25, -0.2) is 9.07 Å². The molecule has 2 heterocycles. The van der Waals surface area contributed by atoms with Gasteiger partial charge in [-0.15, -0.1) is 0 Å². The molecule has 1 aromatic carbocycles. The van der Waals surface area contributed by atoms with Crippen molar-refractivity contribution in [3.63, 3.8) is 0 Å². The molecule has 1 fully saturated rings. The molecule has 1 aliphatic heterocycles. The van der Waals surface area contributed by atoms with Crippen LogP contribution in [0.3, 0.4) is 0 Å². The number of benzene rings is 1. The molecule has 0 atom stereocenters. The van der Waals surface area contributed by atoms with E-state index in [1.807, 2.05) is 40.0 Å². The first-order chi connectivity index (χ1) is 10.2. The maximum Gasteiger partial charge on any atom is 0.498 e. The van der Waals surface area contributed by atoms with Gasteiger partial charge in [0.05, 0.1) is 16.9 Å². The molecule has 0 spiro atoms. The number of nitrogens with zero attached hydrogens (tertiary/aromatic N) is 2. The van der Waals surface area contributed by atoms with Crippen molar-refractivity contribution in [2.75, 3.05) is 0 Å². The largest absolute Gasteiger partial charge is 0.498 e. The van der Waals surface area contributed by atoms with Crippen LogP contribution in [-0.2, 0) is 9.31 Å². The van der Waals surface area contributed by atoms with E-state index >= 15 is 0 Å². The van der Waals surface area contributed by atoms with Gasteiger partial charge in [0.15, 0.2) is 0 Å². The highest BCUT2D eigenvalue weighted by atomic mass is 19.1. The van der Waals surface area contributed by atoms with Crippen molar-refractivity contribution in [3.05, 3.63) is 42.0 Å². The number of hydrogen-bond donors (Lipinski definition) is 0. The van der Waals surface area contributed by atoms with Crippen molar-refractivity contribution in [1.82, 2.24) is 9.78 Å². The summed E-state index contributed by atoms with van der Waals surface area (Å²) in [6, 6.07) is 5.04. The maximum absolute atomic E-state index is 13.7. The Morgan fingerprint density at radius 1 is 1.14 bits per heavy atom. The summed E-state index contributed by atoms with van der Waals surface area (Å²) < 4.78 is 27.3. The van der Waals surface area contributed by atoms with Crippen LogP contribution < -0.4 is 5.46 Å². The van der Waals surface area contributed by atoms with Crippen LogP contribution in [0.15, 0.2) is 30.6 Å². The molecular formula is C16H20BFN2O2. The molecular weight excluding hydrogens is 282 g/mol. The normalized spacial score (nSPS) is 19.6. The van der Waals surface area contributed by atoms with Gasteiger partial charge in [-0.05, 0) is 52.3 Å². The number of aryl methyl sites for hydroxylation is 1. The first-order valence-corrected chi connectivity index (χ1v) is 7.36. The summed E-state index contributed by atoms with van der Waals surface area (Å²) in [7, 11) is -0.464. The minimum absolute atomic E-state index is 0.245. The number of aromatic nitrogens is 2. The average molecular weight is 302 g/mol. The van der Waals surface area contributed by atoms with Crippen molar-refractivity contribution < 1.29 is 13.7 Å². The van der Waals surface area contributed by atoms with E-state index in [0.29, 0.717) is 11.3 Å². The van der Waals surface area contributed by atoms with Crippen LogP contribution in [-0.4, -0.2) is 28.1 Å². The quantitative estimate of drug-likeness (QED) is 0.800. The first kappa shape index (κ1) is 15.2. The molecule has 1 aromatic heterocycles. The van der Waals surface area contributed by atoms with E-state index in [4.69, 9.17) is 9.31 Å². The highest BCUT2D eigenvalue weighted by Gasteiger charge is 2.52. The van der Waals surface area contributed by atoms with E-state index in [2.05, 4.69) is 5.10 Å². The second kappa shape index (κ2) is 4.93. The molecule has 0 saturated carbocycles. The predicted molar refractivity (Wildman–Crippen MR) is 84.0 cm³/mol. The molecule has 0 aliphatic carbocycles. The van der Waals surface area contributed by atoms with Crippen LogP contribution in [0.5, 0.6) is 0 Å². The second-order valence-corrected chi connectivity index (χ2v) is 6.74. The molecule has 0 amide bonds. The van der Waals surface area contributed by atoms with Crippen LogP contribution in [0.1, 0.15) is 33.3 Å². The topological polar surface area (TPSA) is 36.3 Å². The van der Waals surface area contributed by atoms with Crippen molar-refractivity contribution in [3.8, 4) is 5.69 Å². The third kappa shape index (κ3) is 2.46. The SMILES string of the molecule is Cc1ccc(-n2cc(B3OC(C)(C)C(C)(C)O3)cn2)cc1F.